The summed E-state index contributed by atoms with van der Waals surface area (Å²) in [7, 11) is 0. The molecule has 0 saturated carbocycles. The molecule has 1 aromatic rings. The van der Waals surface area contributed by atoms with Gasteiger partial charge >= 0.3 is 5.97 Å². The second kappa shape index (κ2) is 5.26. The summed E-state index contributed by atoms with van der Waals surface area (Å²) in [6.45, 7) is 3.11. The highest BCUT2D eigenvalue weighted by atomic mass is 16.4. The van der Waals surface area contributed by atoms with E-state index >= 15 is 0 Å². The Morgan fingerprint density at radius 1 is 1.18 bits per heavy atom. The standard InChI is InChI=1S/C13H13NO3/c1-8(9(2)13(16)17)12(15)11-5-3-10(7-14)4-6-11/h3-6,8-9H,1-2H3,(H,16,17). The van der Waals surface area contributed by atoms with Crippen molar-refractivity contribution in [3.8, 4) is 6.07 Å². The van der Waals surface area contributed by atoms with Gasteiger partial charge in [0.05, 0.1) is 17.6 Å². The number of aliphatic carboxylic acids is 1. The first-order valence-electron chi connectivity index (χ1n) is 5.24. The zero-order valence-corrected chi connectivity index (χ0v) is 9.68. The number of carbonyl (C=O) groups excluding carboxylic acids is 1. The van der Waals surface area contributed by atoms with E-state index in [0.717, 1.165) is 0 Å². The van der Waals surface area contributed by atoms with Gasteiger partial charge in [0, 0.05) is 11.5 Å². The summed E-state index contributed by atoms with van der Waals surface area (Å²) in [5.41, 5.74) is 0.907. The Kier molecular flexibility index (Phi) is 4.00. The Hall–Kier alpha value is -2.15. The number of Topliss-reactive ketones (excluding diaryl/α,β-unsaturated/α-hetero) is 1. The van der Waals surface area contributed by atoms with Crippen LogP contribution in [-0.2, 0) is 4.79 Å². The lowest BCUT2D eigenvalue weighted by Crippen LogP contribution is -2.25. The average molecular weight is 231 g/mol. The maximum absolute atomic E-state index is 11.9. The Morgan fingerprint density at radius 3 is 2.12 bits per heavy atom. The summed E-state index contributed by atoms with van der Waals surface area (Å²) in [6.07, 6.45) is 0. The van der Waals surface area contributed by atoms with Crippen LogP contribution in [0.15, 0.2) is 24.3 Å². The van der Waals surface area contributed by atoms with Crippen LogP contribution in [0.5, 0.6) is 0 Å². The lowest BCUT2D eigenvalue weighted by atomic mass is 9.88. The van der Waals surface area contributed by atoms with Gasteiger partial charge in [0.2, 0.25) is 0 Å². The van der Waals surface area contributed by atoms with Crippen molar-refractivity contribution in [1.29, 1.82) is 5.26 Å². The average Bonchev–Trinajstić information content (AvgIpc) is 2.36. The van der Waals surface area contributed by atoms with Gasteiger partial charge in [0.1, 0.15) is 0 Å². The molecule has 2 atom stereocenters. The third-order valence-electron chi connectivity index (χ3n) is 2.85. The van der Waals surface area contributed by atoms with Gasteiger partial charge in [-0.05, 0) is 12.1 Å². The van der Waals surface area contributed by atoms with Crippen LogP contribution in [0.4, 0.5) is 0 Å². The molecular formula is C13H13NO3. The van der Waals surface area contributed by atoms with E-state index in [1.54, 1.807) is 31.2 Å². The number of ketones is 1. The van der Waals surface area contributed by atoms with Crippen molar-refractivity contribution >= 4 is 11.8 Å². The highest BCUT2D eigenvalue weighted by Crippen LogP contribution is 2.17. The molecule has 0 aromatic heterocycles. The van der Waals surface area contributed by atoms with Crippen molar-refractivity contribution in [2.24, 2.45) is 11.8 Å². The number of hydrogen-bond acceptors (Lipinski definition) is 3. The predicted octanol–water partition coefficient (Wildman–Crippen LogP) is 2.10. The second-order valence-corrected chi connectivity index (χ2v) is 3.97. The lowest BCUT2D eigenvalue weighted by molar-refractivity contribution is -0.142. The lowest BCUT2D eigenvalue weighted by Gasteiger charge is -2.14. The van der Waals surface area contributed by atoms with Crippen LogP contribution in [0, 0.1) is 23.2 Å². The third kappa shape index (κ3) is 2.91. The Bertz CT molecular complexity index is 470. The number of carbonyl (C=O) groups is 2. The smallest absolute Gasteiger partial charge is 0.306 e. The second-order valence-electron chi connectivity index (χ2n) is 3.97. The number of nitriles is 1. The molecule has 0 aliphatic rings. The van der Waals surface area contributed by atoms with E-state index in [1.165, 1.54) is 6.92 Å². The highest BCUT2D eigenvalue weighted by molar-refractivity contribution is 5.99. The maximum Gasteiger partial charge on any atom is 0.306 e. The topological polar surface area (TPSA) is 78.2 Å². The van der Waals surface area contributed by atoms with Crippen LogP contribution < -0.4 is 0 Å². The number of carboxylic acid groups (broad SMARTS) is 1. The van der Waals surface area contributed by atoms with Gasteiger partial charge in [-0.2, -0.15) is 5.26 Å². The molecule has 17 heavy (non-hydrogen) atoms. The quantitative estimate of drug-likeness (QED) is 0.805. The zero-order valence-electron chi connectivity index (χ0n) is 9.68. The first-order chi connectivity index (χ1) is 7.97. The van der Waals surface area contributed by atoms with Gasteiger partial charge < -0.3 is 5.11 Å². The van der Waals surface area contributed by atoms with Crippen LogP contribution in [-0.4, -0.2) is 16.9 Å². The summed E-state index contributed by atoms with van der Waals surface area (Å²) in [5.74, 6) is -2.51. The molecule has 2 unspecified atom stereocenters. The minimum atomic E-state index is -0.987. The molecule has 1 N–H and O–H groups in total. The first-order valence-corrected chi connectivity index (χ1v) is 5.24. The molecule has 4 nitrogen and oxygen atoms in total. The molecular weight excluding hydrogens is 218 g/mol. The van der Waals surface area contributed by atoms with Crippen molar-refractivity contribution in [1.82, 2.24) is 0 Å². The molecule has 0 aliphatic heterocycles. The van der Waals surface area contributed by atoms with Crippen LogP contribution in [0.25, 0.3) is 0 Å². The van der Waals surface area contributed by atoms with Crippen molar-refractivity contribution in [2.75, 3.05) is 0 Å². The fourth-order valence-electron chi connectivity index (χ4n) is 1.41. The summed E-state index contributed by atoms with van der Waals surface area (Å²) in [5, 5.41) is 17.5. The van der Waals surface area contributed by atoms with Gasteiger partial charge in [-0.3, -0.25) is 9.59 Å². The Balaban J connectivity index is 2.89. The van der Waals surface area contributed by atoms with E-state index in [4.69, 9.17) is 10.4 Å². The van der Waals surface area contributed by atoms with Gasteiger partial charge in [0.25, 0.3) is 0 Å². The van der Waals surface area contributed by atoms with E-state index in [-0.39, 0.29) is 5.78 Å². The number of benzene rings is 1. The van der Waals surface area contributed by atoms with Crippen LogP contribution in [0.2, 0.25) is 0 Å². The van der Waals surface area contributed by atoms with E-state index < -0.39 is 17.8 Å². The van der Waals surface area contributed by atoms with Gasteiger partial charge in [0.15, 0.2) is 5.78 Å². The summed E-state index contributed by atoms with van der Waals surface area (Å²) >= 11 is 0. The van der Waals surface area contributed by atoms with E-state index in [0.29, 0.717) is 11.1 Å². The largest absolute Gasteiger partial charge is 0.481 e. The number of hydrogen-bond donors (Lipinski definition) is 1. The van der Waals surface area contributed by atoms with Crippen molar-refractivity contribution < 1.29 is 14.7 Å². The van der Waals surface area contributed by atoms with E-state index in [9.17, 15) is 9.59 Å². The normalized spacial score (nSPS) is 13.5. The first kappa shape index (κ1) is 12.9. The number of nitrogens with zero attached hydrogens (tertiary/aromatic N) is 1. The molecule has 0 radical (unpaired) electrons. The maximum atomic E-state index is 11.9. The molecule has 88 valence electrons. The van der Waals surface area contributed by atoms with Crippen molar-refractivity contribution in [3.63, 3.8) is 0 Å². The molecule has 0 bridgehead atoms. The van der Waals surface area contributed by atoms with Gasteiger partial charge in [-0.25, -0.2) is 0 Å². The molecule has 0 fully saturated rings. The number of carboxylic acids is 1. The summed E-state index contributed by atoms with van der Waals surface area (Å²) in [4.78, 5) is 22.7. The predicted molar refractivity (Wildman–Crippen MR) is 61.5 cm³/mol. The molecule has 4 heteroatoms. The van der Waals surface area contributed by atoms with Crippen molar-refractivity contribution in [3.05, 3.63) is 35.4 Å². The molecule has 0 saturated heterocycles. The summed E-state index contributed by atoms with van der Waals surface area (Å²) in [6, 6.07) is 8.15. The van der Waals surface area contributed by atoms with Crippen LogP contribution in [0.3, 0.4) is 0 Å². The zero-order chi connectivity index (χ0) is 13.0. The monoisotopic (exact) mass is 231 g/mol. The Labute approximate surface area is 99.5 Å². The van der Waals surface area contributed by atoms with Gasteiger partial charge in [-0.1, -0.05) is 26.0 Å². The SMILES string of the molecule is CC(C(=O)O)C(C)C(=O)c1ccc(C#N)cc1. The van der Waals surface area contributed by atoms with Gasteiger partial charge in [-0.15, -0.1) is 0 Å². The summed E-state index contributed by atoms with van der Waals surface area (Å²) < 4.78 is 0. The highest BCUT2D eigenvalue weighted by Gasteiger charge is 2.26. The van der Waals surface area contributed by atoms with Crippen molar-refractivity contribution in [2.45, 2.75) is 13.8 Å². The minimum Gasteiger partial charge on any atom is -0.481 e. The van der Waals surface area contributed by atoms with Crippen LogP contribution in [0.1, 0.15) is 29.8 Å². The van der Waals surface area contributed by atoms with Crippen LogP contribution >= 0.6 is 0 Å². The molecule has 1 rings (SSSR count). The fourth-order valence-corrected chi connectivity index (χ4v) is 1.41. The molecule has 0 heterocycles. The fraction of sp³-hybridized carbons (Fsp3) is 0.308. The van der Waals surface area contributed by atoms with E-state index in [1.807, 2.05) is 6.07 Å². The third-order valence-corrected chi connectivity index (χ3v) is 2.85. The molecule has 0 amide bonds. The molecule has 0 aliphatic carbocycles. The number of rotatable bonds is 4. The van der Waals surface area contributed by atoms with E-state index in [2.05, 4.69) is 0 Å². The minimum absolute atomic E-state index is 0.218. The molecule has 1 aromatic carbocycles. The molecule has 0 spiro atoms. The Morgan fingerprint density at radius 2 is 1.71 bits per heavy atom.